The molecule has 1 saturated heterocycles. The molecule has 2 atom stereocenters. The molecule has 9 heteroatoms. The summed E-state index contributed by atoms with van der Waals surface area (Å²) in [4.78, 5) is 19.2. The minimum absolute atomic E-state index is 0.0661. The number of tetrazole rings is 1. The normalized spacial score (nSPS) is 16.7. The van der Waals surface area contributed by atoms with Crippen LogP contribution in [0.3, 0.4) is 0 Å². The quantitative estimate of drug-likeness (QED) is 0.334. The Kier molecular flexibility index (Phi) is 7.81. The smallest absolute Gasteiger partial charge is 0.253 e. The fraction of sp³-hybridized carbons (Fsp3) is 0.467. The highest BCUT2D eigenvalue weighted by Gasteiger charge is 2.35. The molecule has 0 bridgehead atoms. The molecule has 3 heterocycles. The number of H-pyrrole nitrogens is 1. The standard InChI is InChI=1S/C30H38N6O3/c1-6-38-23-13-10-21(11-14-23)18-35(19-24-8-7-15-39-24)27(28-32-33-34-36(28)30(3,4)5)25-17-22-12-9-20(2)16-26(22)31-29(25)37/h9-14,16-17,24,27H,6-8,15,18-19H2,1-5H3,(H,31,37)/t24-,27-/m0/s1. The predicted octanol–water partition coefficient (Wildman–Crippen LogP) is 4.75. The van der Waals surface area contributed by atoms with Gasteiger partial charge < -0.3 is 14.5 Å². The number of aryl methyl sites for hydroxylation is 1. The van der Waals surface area contributed by atoms with Crippen molar-refractivity contribution in [2.45, 2.75) is 71.7 Å². The molecule has 2 aromatic carbocycles. The van der Waals surface area contributed by atoms with Gasteiger partial charge in [0.2, 0.25) is 0 Å². The van der Waals surface area contributed by atoms with Crippen molar-refractivity contribution >= 4 is 10.9 Å². The van der Waals surface area contributed by atoms with Crippen molar-refractivity contribution in [3.05, 3.63) is 81.4 Å². The monoisotopic (exact) mass is 530 g/mol. The van der Waals surface area contributed by atoms with Gasteiger partial charge in [0.1, 0.15) is 11.8 Å². The summed E-state index contributed by atoms with van der Waals surface area (Å²) in [5.41, 5.74) is 3.09. The van der Waals surface area contributed by atoms with Gasteiger partial charge in [0.25, 0.3) is 5.56 Å². The molecule has 0 aliphatic carbocycles. The average Bonchev–Trinajstić information content (AvgIpc) is 3.58. The molecule has 4 aromatic rings. The molecular weight excluding hydrogens is 492 g/mol. The summed E-state index contributed by atoms with van der Waals surface area (Å²) in [7, 11) is 0. The summed E-state index contributed by atoms with van der Waals surface area (Å²) in [6, 6.07) is 15.7. The van der Waals surface area contributed by atoms with Gasteiger partial charge in [-0.25, -0.2) is 4.68 Å². The van der Waals surface area contributed by atoms with E-state index in [4.69, 9.17) is 9.47 Å². The van der Waals surface area contributed by atoms with Gasteiger partial charge in [-0.05, 0) is 98.7 Å². The molecule has 1 aliphatic heterocycles. The van der Waals surface area contributed by atoms with E-state index < -0.39 is 6.04 Å². The molecule has 39 heavy (non-hydrogen) atoms. The van der Waals surface area contributed by atoms with E-state index in [1.54, 1.807) is 0 Å². The van der Waals surface area contributed by atoms with Crippen LogP contribution in [0.2, 0.25) is 0 Å². The van der Waals surface area contributed by atoms with E-state index >= 15 is 0 Å². The second kappa shape index (κ2) is 11.3. The molecule has 0 amide bonds. The van der Waals surface area contributed by atoms with Crippen LogP contribution in [0.5, 0.6) is 5.75 Å². The minimum Gasteiger partial charge on any atom is -0.494 e. The fourth-order valence-corrected chi connectivity index (χ4v) is 5.28. The molecule has 1 fully saturated rings. The zero-order valence-electron chi connectivity index (χ0n) is 23.5. The fourth-order valence-electron chi connectivity index (χ4n) is 5.28. The number of aromatic nitrogens is 5. The van der Waals surface area contributed by atoms with E-state index in [2.05, 4.69) is 64.4 Å². The van der Waals surface area contributed by atoms with Crippen molar-refractivity contribution in [3.63, 3.8) is 0 Å². The van der Waals surface area contributed by atoms with Crippen LogP contribution in [-0.4, -0.2) is 56.0 Å². The van der Waals surface area contributed by atoms with E-state index in [0.29, 0.717) is 31.1 Å². The first-order valence-electron chi connectivity index (χ1n) is 13.7. The van der Waals surface area contributed by atoms with Crippen molar-refractivity contribution in [3.8, 4) is 5.75 Å². The first kappa shape index (κ1) is 27.0. The number of ether oxygens (including phenoxy) is 2. The molecule has 5 rings (SSSR count). The van der Waals surface area contributed by atoms with Gasteiger partial charge in [-0.2, -0.15) is 0 Å². The van der Waals surface area contributed by atoms with Crippen LogP contribution in [0.25, 0.3) is 10.9 Å². The van der Waals surface area contributed by atoms with Gasteiger partial charge in [-0.1, -0.05) is 24.3 Å². The third-order valence-electron chi connectivity index (χ3n) is 7.15. The lowest BCUT2D eigenvalue weighted by molar-refractivity contribution is 0.0564. The average molecular weight is 531 g/mol. The Bertz CT molecular complexity index is 1460. The molecule has 0 unspecified atom stereocenters. The lowest BCUT2D eigenvalue weighted by atomic mass is 10.00. The van der Waals surface area contributed by atoms with Gasteiger partial charge in [0.05, 0.1) is 18.2 Å². The highest BCUT2D eigenvalue weighted by atomic mass is 16.5. The Labute approximate surface area is 229 Å². The van der Waals surface area contributed by atoms with Crippen molar-refractivity contribution in [2.75, 3.05) is 19.8 Å². The first-order chi connectivity index (χ1) is 18.7. The molecular formula is C30H38N6O3. The zero-order chi connectivity index (χ0) is 27.6. The lowest BCUT2D eigenvalue weighted by Crippen LogP contribution is -2.40. The van der Waals surface area contributed by atoms with Gasteiger partial charge in [0.15, 0.2) is 5.82 Å². The highest BCUT2D eigenvalue weighted by molar-refractivity contribution is 5.79. The van der Waals surface area contributed by atoms with Gasteiger partial charge in [-0.15, -0.1) is 5.10 Å². The van der Waals surface area contributed by atoms with Crippen LogP contribution in [0.4, 0.5) is 0 Å². The van der Waals surface area contributed by atoms with Crippen LogP contribution < -0.4 is 10.3 Å². The number of benzene rings is 2. The summed E-state index contributed by atoms with van der Waals surface area (Å²) in [6.45, 7) is 12.8. The number of pyridine rings is 1. The van der Waals surface area contributed by atoms with Crippen LogP contribution in [0.15, 0.2) is 53.3 Å². The molecule has 0 saturated carbocycles. The molecule has 0 spiro atoms. The van der Waals surface area contributed by atoms with Crippen LogP contribution in [0.1, 0.15) is 69.1 Å². The zero-order valence-corrected chi connectivity index (χ0v) is 23.5. The third-order valence-corrected chi connectivity index (χ3v) is 7.15. The number of nitrogens with zero attached hydrogens (tertiary/aromatic N) is 5. The maximum atomic E-state index is 13.7. The summed E-state index contributed by atoms with van der Waals surface area (Å²) in [5.74, 6) is 1.46. The summed E-state index contributed by atoms with van der Waals surface area (Å²) in [6.07, 6.45) is 2.07. The molecule has 1 N–H and O–H groups in total. The Hall–Kier alpha value is -3.56. The van der Waals surface area contributed by atoms with Crippen molar-refractivity contribution in [1.29, 1.82) is 0 Å². The summed E-state index contributed by atoms with van der Waals surface area (Å²) in [5, 5.41) is 13.9. The van der Waals surface area contributed by atoms with Crippen LogP contribution >= 0.6 is 0 Å². The maximum absolute atomic E-state index is 13.7. The molecule has 1 aliphatic rings. The highest BCUT2D eigenvalue weighted by Crippen LogP contribution is 2.32. The Morgan fingerprint density at radius 3 is 2.67 bits per heavy atom. The van der Waals surface area contributed by atoms with Crippen molar-refractivity contribution in [2.24, 2.45) is 0 Å². The van der Waals surface area contributed by atoms with Crippen molar-refractivity contribution in [1.82, 2.24) is 30.1 Å². The van der Waals surface area contributed by atoms with Gasteiger partial charge in [0, 0.05) is 30.8 Å². The third kappa shape index (κ3) is 6.04. The number of nitrogens with one attached hydrogen (secondary N) is 1. The number of fused-ring (bicyclic) bond motifs is 1. The summed E-state index contributed by atoms with van der Waals surface area (Å²) >= 11 is 0. The van der Waals surface area contributed by atoms with Gasteiger partial charge in [-0.3, -0.25) is 9.69 Å². The molecule has 206 valence electrons. The van der Waals surface area contributed by atoms with E-state index in [1.807, 2.05) is 48.9 Å². The molecule has 9 nitrogen and oxygen atoms in total. The Morgan fingerprint density at radius 1 is 1.18 bits per heavy atom. The van der Waals surface area contributed by atoms with Crippen molar-refractivity contribution < 1.29 is 9.47 Å². The Morgan fingerprint density at radius 2 is 1.97 bits per heavy atom. The second-order valence-electron chi connectivity index (χ2n) is 11.3. The van der Waals surface area contributed by atoms with E-state index in [9.17, 15) is 4.79 Å². The predicted molar refractivity (Wildman–Crippen MR) is 151 cm³/mol. The van der Waals surface area contributed by atoms with Gasteiger partial charge >= 0.3 is 0 Å². The SMILES string of the molecule is CCOc1ccc(CN(C[C@@H]2CCCO2)[C@@H](c2cc3ccc(C)cc3[nH]c2=O)c2nnnn2C(C)(C)C)cc1. The minimum atomic E-state index is -0.496. The van der Waals surface area contributed by atoms with Crippen LogP contribution in [-0.2, 0) is 16.8 Å². The molecule has 0 radical (unpaired) electrons. The van der Waals surface area contributed by atoms with E-state index in [-0.39, 0.29) is 17.2 Å². The number of hydrogen-bond donors (Lipinski definition) is 1. The number of rotatable bonds is 9. The molecule has 2 aromatic heterocycles. The maximum Gasteiger partial charge on any atom is 0.253 e. The second-order valence-corrected chi connectivity index (χ2v) is 11.3. The first-order valence-corrected chi connectivity index (χ1v) is 13.7. The van der Waals surface area contributed by atoms with Crippen LogP contribution in [0, 0.1) is 6.92 Å². The number of hydrogen-bond acceptors (Lipinski definition) is 7. The topological polar surface area (TPSA) is 98.2 Å². The summed E-state index contributed by atoms with van der Waals surface area (Å²) < 4.78 is 13.6. The Balaban J connectivity index is 1.65. The van der Waals surface area contributed by atoms with E-state index in [0.717, 1.165) is 47.2 Å². The number of aromatic amines is 1. The largest absolute Gasteiger partial charge is 0.494 e. The van der Waals surface area contributed by atoms with E-state index in [1.165, 1.54) is 0 Å². The lowest BCUT2D eigenvalue weighted by Gasteiger charge is -2.34.